The van der Waals surface area contributed by atoms with Crippen molar-refractivity contribution >= 4 is 23.9 Å². The van der Waals surface area contributed by atoms with Crippen LogP contribution in [0.3, 0.4) is 0 Å². The van der Waals surface area contributed by atoms with Crippen LogP contribution in [0.4, 0.5) is 0 Å². The number of Topliss-reactive ketones (excluding diaryl/α,β-unsaturated/α-hetero) is 1. The number of unbranched alkanes of at least 4 members (excludes halogenated alkanes) is 2. The zero-order chi connectivity index (χ0) is 25.9. The molecule has 0 saturated heterocycles. The van der Waals surface area contributed by atoms with Crippen molar-refractivity contribution < 1.29 is 19.4 Å². The van der Waals surface area contributed by atoms with Gasteiger partial charge in [0.05, 0.1) is 25.3 Å². The van der Waals surface area contributed by atoms with Gasteiger partial charge in [-0.15, -0.1) is 0 Å². The molecule has 0 saturated carbocycles. The fourth-order valence-corrected chi connectivity index (χ4v) is 4.49. The summed E-state index contributed by atoms with van der Waals surface area (Å²) in [4.78, 5) is 29.2. The number of carbonyl (C=O) groups is 2. The van der Waals surface area contributed by atoms with Crippen LogP contribution in [0.1, 0.15) is 56.6 Å². The van der Waals surface area contributed by atoms with E-state index in [0.29, 0.717) is 24.5 Å². The van der Waals surface area contributed by atoms with Crippen LogP contribution in [0.5, 0.6) is 11.5 Å². The number of phenolic OH excluding ortho intramolecular Hbond substituents is 1. The highest BCUT2D eigenvalue weighted by atomic mass is 16.5. The molecule has 0 spiro atoms. The van der Waals surface area contributed by atoms with Crippen molar-refractivity contribution in [2.45, 2.75) is 51.9 Å². The summed E-state index contributed by atoms with van der Waals surface area (Å²) in [6.45, 7) is 3.23. The van der Waals surface area contributed by atoms with Crippen LogP contribution in [0.25, 0.3) is 6.08 Å². The average molecular weight is 490 g/mol. The maximum Gasteiger partial charge on any atom is 0.163 e. The summed E-state index contributed by atoms with van der Waals surface area (Å²) >= 11 is 0. The minimum atomic E-state index is -0.221. The smallest absolute Gasteiger partial charge is 0.163 e. The molecule has 6 heteroatoms. The number of nitrogens with one attached hydrogen (secondary N) is 1. The molecule has 1 heterocycles. The summed E-state index contributed by atoms with van der Waals surface area (Å²) in [5.41, 5.74) is 4.61. The molecule has 1 aromatic rings. The van der Waals surface area contributed by atoms with E-state index in [2.05, 4.69) is 17.2 Å². The van der Waals surface area contributed by atoms with E-state index in [4.69, 9.17) is 4.74 Å². The number of methoxy groups -OCH3 is 1. The highest BCUT2D eigenvalue weighted by Gasteiger charge is 2.25. The van der Waals surface area contributed by atoms with Crippen LogP contribution in [0, 0.1) is 12.3 Å². The molecule has 0 radical (unpaired) electrons. The fourth-order valence-electron chi connectivity index (χ4n) is 4.49. The molecule has 6 nitrogen and oxygen atoms in total. The highest BCUT2D eigenvalue weighted by molar-refractivity contribution is 6.06. The first-order valence-corrected chi connectivity index (χ1v) is 12.7. The van der Waals surface area contributed by atoms with Crippen molar-refractivity contribution in [2.75, 3.05) is 20.7 Å². The number of aromatic hydroxyl groups is 1. The predicted molar refractivity (Wildman–Crippen MR) is 145 cm³/mol. The molecule has 1 aromatic carbocycles. The number of hydrogen-bond donors (Lipinski definition) is 2. The van der Waals surface area contributed by atoms with E-state index in [9.17, 15) is 14.7 Å². The van der Waals surface area contributed by atoms with Crippen LogP contribution in [0.2, 0.25) is 0 Å². The Hall–Kier alpha value is -3.38. The van der Waals surface area contributed by atoms with E-state index < -0.39 is 0 Å². The molecule has 36 heavy (non-hydrogen) atoms. The predicted octanol–water partition coefficient (Wildman–Crippen LogP) is 5.33. The van der Waals surface area contributed by atoms with Crippen molar-refractivity contribution in [3.05, 3.63) is 70.8 Å². The Morgan fingerprint density at radius 3 is 2.86 bits per heavy atom. The molecular weight excluding hydrogens is 452 g/mol. The molecule has 0 amide bonds. The van der Waals surface area contributed by atoms with Gasteiger partial charge in [-0.05, 0) is 61.7 Å². The molecular formula is C30H37N2O4+. The summed E-state index contributed by atoms with van der Waals surface area (Å²) in [6.07, 6.45) is 17.9. The molecule has 1 atom stereocenters. The number of ketones is 2. The van der Waals surface area contributed by atoms with Crippen LogP contribution in [-0.2, 0) is 16.0 Å². The van der Waals surface area contributed by atoms with Gasteiger partial charge < -0.3 is 15.2 Å². The first kappa shape index (κ1) is 27.2. The van der Waals surface area contributed by atoms with E-state index in [-0.39, 0.29) is 23.7 Å². The third-order valence-electron chi connectivity index (χ3n) is 6.46. The number of rotatable bonds is 15. The number of hydrogen-bond acceptors (Lipinski definition) is 6. The average Bonchev–Trinajstić information content (AvgIpc) is 3.26. The maximum absolute atomic E-state index is 12.5. The summed E-state index contributed by atoms with van der Waals surface area (Å²) < 4.78 is 5.27. The van der Waals surface area contributed by atoms with E-state index in [1.807, 2.05) is 37.9 Å². The lowest BCUT2D eigenvalue weighted by molar-refractivity contribution is -0.124. The van der Waals surface area contributed by atoms with Gasteiger partial charge in [-0.3, -0.25) is 9.59 Å². The second kappa shape index (κ2) is 13.6. The fraction of sp³-hybridized carbons (Fsp3) is 0.400. The van der Waals surface area contributed by atoms with Gasteiger partial charge in [-0.25, -0.2) is 0 Å². The largest absolute Gasteiger partial charge is 0.504 e. The van der Waals surface area contributed by atoms with E-state index in [1.165, 1.54) is 13.2 Å². The van der Waals surface area contributed by atoms with Crippen LogP contribution >= 0.6 is 0 Å². The number of phenols is 1. The molecule has 0 unspecified atom stereocenters. The van der Waals surface area contributed by atoms with Gasteiger partial charge in [0, 0.05) is 37.5 Å². The zero-order valence-corrected chi connectivity index (χ0v) is 21.5. The van der Waals surface area contributed by atoms with Crippen LogP contribution in [0.15, 0.2) is 58.3 Å². The number of fused-ring (bicyclic) bond motifs is 1. The number of carbonyl (C=O) groups excluding carboxylic acids is 2. The van der Waals surface area contributed by atoms with Crippen molar-refractivity contribution in [1.29, 1.82) is 0 Å². The molecule has 2 aliphatic rings. The molecule has 3 rings (SSSR count). The summed E-state index contributed by atoms with van der Waals surface area (Å²) in [5.74, 6) is 0.758. The van der Waals surface area contributed by atoms with Crippen molar-refractivity contribution in [1.82, 2.24) is 5.32 Å². The Morgan fingerprint density at radius 1 is 1.25 bits per heavy atom. The van der Waals surface area contributed by atoms with Crippen LogP contribution in [-0.4, -0.2) is 43.6 Å². The Bertz CT molecular complexity index is 1110. The third kappa shape index (κ3) is 7.82. The topological polar surface area (TPSA) is 88.0 Å². The number of aliphatic imine (C=N–C) groups is 1. The number of nitrogens with zero attached hydrogens (tertiary/aromatic N) is 1. The molecule has 190 valence electrons. The lowest BCUT2D eigenvalue weighted by Gasteiger charge is -2.10. The standard InChI is InChI=1S/C30H36N2O4/c1-21(19-31-2)9-5-4-6-10-25(33)18-26(34)14-13-22-17-30(36-3)29(35)16-23(22)15-24-20-32-28-12-8-7-11-27(24)28/h7-8,11-14,16-17,20-21,31H,4-6,9-10,15,18-19H2,1-3H3/p+1/t21-/m1/s1. The summed E-state index contributed by atoms with van der Waals surface area (Å²) in [7, 11) is 3.45. The van der Waals surface area contributed by atoms with Gasteiger partial charge in [0.25, 0.3) is 0 Å². The van der Waals surface area contributed by atoms with Gasteiger partial charge >= 0.3 is 0 Å². The van der Waals surface area contributed by atoms with Gasteiger partial charge in [0.1, 0.15) is 11.4 Å². The zero-order valence-electron chi connectivity index (χ0n) is 21.5. The maximum atomic E-state index is 12.5. The SMILES string of the molecule is CNC[C@H](C)CCCCCC(=O)CC(=O)/C=C/c1cc(OC)c(O)cc1CC1=C2[CH+]C=CC=C2N=C1. The first-order valence-electron chi connectivity index (χ1n) is 12.7. The van der Waals surface area contributed by atoms with Crippen molar-refractivity contribution in [2.24, 2.45) is 10.9 Å². The minimum Gasteiger partial charge on any atom is -0.504 e. The number of allylic oxidation sites excluding steroid dienone is 6. The molecule has 1 aliphatic carbocycles. The molecule has 2 N–H and O–H groups in total. The normalized spacial score (nSPS) is 15.1. The Kier molecular flexibility index (Phi) is 10.3. The molecule has 0 aromatic heterocycles. The highest BCUT2D eigenvalue weighted by Crippen LogP contribution is 2.34. The van der Waals surface area contributed by atoms with E-state index in [1.54, 1.807) is 18.2 Å². The first-order chi connectivity index (χ1) is 17.4. The monoisotopic (exact) mass is 489 g/mol. The second-order valence-corrected chi connectivity index (χ2v) is 9.48. The number of ether oxygens (including phenoxy) is 1. The quantitative estimate of drug-likeness (QED) is 0.150. The van der Waals surface area contributed by atoms with Crippen LogP contribution < -0.4 is 10.1 Å². The lowest BCUT2D eigenvalue weighted by atomic mass is 9.93. The van der Waals surface area contributed by atoms with Gasteiger partial charge in [-0.2, -0.15) is 4.99 Å². The second-order valence-electron chi connectivity index (χ2n) is 9.48. The van der Waals surface area contributed by atoms with Gasteiger partial charge in [0.2, 0.25) is 0 Å². The molecule has 1 aliphatic heterocycles. The molecule has 0 fully saturated rings. The van der Waals surface area contributed by atoms with E-state index >= 15 is 0 Å². The summed E-state index contributed by atoms with van der Waals surface area (Å²) in [6, 6.07) is 3.37. The Balaban J connectivity index is 1.59. The van der Waals surface area contributed by atoms with E-state index in [0.717, 1.165) is 60.2 Å². The van der Waals surface area contributed by atoms with Gasteiger partial charge in [0.15, 0.2) is 23.0 Å². The minimum absolute atomic E-state index is 0.0224. The Labute approximate surface area is 214 Å². The van der Waals surface area contributed by atoms with Gasteiger partial charge in [-0.1, -0.05) is 25.8 Å². The summed E-state index contributed by atoms with van der Waals surface area (Å²) in [5, 5.41) is 13.5. The van der Waals surface area contributed by atoms with Crippen molar-refractivity contribution in [3.8, 4) is 11.5 Å². The lowest BCUT2D eigenvalue weighted by Crippen LogP contribution is -2.15. The Morgan fingerprint density at radius 2 is 2.08 bits per heavy atom. The van der Waals surface area contributed by atoms with Crippen molar-refractivity contribution in [3.63, 3.8) is 0 Å². The number of benzene rings is 1. The third-order valence-corrected chi connectivity index (χ3v) is 6.46. The molecule has 0 bridgehead atoms.